The van der Waals surface area contributed by atoms with Crippen LogP contribution in [0.2, 0.25) is 0 Å². The number of carbonyl (C=O) groups is 2. The van der Waals surface area contributed by atoms with Crippen LogP contribution in [0.25, 0.3) is 11.9 Å². The Hall–Kier alpha value is -3.58. The van der Waals surface area contributed by atoms with Crippen LogP contribution in [0.1, 0.15) is 35.9 Å². The average molecular weight is 459 g/mol. The summed E-state index contributed by atoms with van der Waals surface area (Å²) in [5, 5.41) is 0.213. The topological polar surface area (TPSA) is 58.4 Å². The molecular formula is C26H26N4O2S. The van der Waals surface area contributed by atoms with Crippen LogP contribution in [0.4, 0.5) is 5.69 Å². The van der Waals surface area contributed by atoms with Crippen molar-refractivity contribution in [2.45, 2.75) is 34.1 Å². The number of thiocarbonyl (C=S) groups is 1. The number of amides is 2. The molecule has 1 aliphatic heterocycles. The van der Waals surface area contributed by atoms with Crippen LogP contribution >= 0.6 is 12.2 Å². The van der Waals surface area contributed by atoms with Crippen molar-refractivity contribution in [2.24, 2.45) is 0 Å². The number of hydrogen-bond donors (Lipinski definition) is 0. The minimum Gasteiger partial charge on any atom is -0.303 e. The Morgan fingerprint density at radius 1 is 1.00 bits per heavy atom. The summed E-state index contributed by atoms with van der Waals surface area (Å²) < 4.78 is 2.02. The van der Waals surface area contributed by atoms with Gasteiger partial charge in [-0.2, -0.15) is 0 Å². The van der Waals surface area contributed by atoms with E-state index in [0.29, 0.717) is 12.2 Å². The molecule has 1 aliphatic rings. The second-order valence-electron chi connectivity index (χ2n) is 8.13. The third-order valence-electron chi connectivity index (χ3n) is 5.69. The van der Waals surface area contributed by atoms with Gasteiger partial charge in [0.05, 0.1) is 5.69 Å². The minimum atomic E-state index is -0.415. The first kappa shape index (κ1) is 22.6. The first-order valence-corrected chi connectivity index (χ1v) is 11.3. The van der Waals surface area contributed by atoms with Crippen LogP contribution in [0, 0.1) is 20.8 Å². The van der Waals surface area contributed by atoms with Gasteiger partial charge in [0.25, 0.3) is 11.8 Å². The minimum absolute atomic E-state index is 0.0954. The zero-order valence-corrected chi connectivity index (χ0v) is 20.0. The Morgan fingerprint density at radius 3 is 2.36 bits per heavy atom. The molecule has 0 N–H and O–H groups in total. The quantitative estimate of drug-likeness (QED) is 0.315. The Morgan fingerprint density at radius 2 is 1.73 bits per heavy atom. The number of aromatic nitrogens is 2. The maximum Gasteiger partial charge on any atom is 0.270 e. The molecule has 3 aromatic rings. The van der Waals surface area contributed by atoms with E-state index in [0.717, 1.165) is 34.8 Å². The highest BCUT2D eigenvalue weighted by molar-refractivity contribution is 7.80. The second kappa shape index (κ2) is 9.11. The number of carbonyl (C=O) groups excluding carboxylic acids is 2. The van der Waals surface area contributed by atoms with E-state index in [1.807, 2.05) is 87.0 Å². The maximum atomic E-state index is 13.5. The van der Waals surface area contributed by atoms with Crippen molar-refractivity contribution in [1.82, 2.24) is 14.5 Å². The molecule has 1 fully saturated rings. The molecule has 0 aliphatic carbocycles. The molecule has 1 saturated heterocycles. The first-order valence-electron chi connectivity index (χ1n) is 10.9. The largest absolute Gasteiger partial charge is 0.303 e. The lowest BCUT2D eigenvalue weighted by molar-refractivity contribution is -0.127. The number of aryl methyl sites for hydroxylation is 2. The summed E-state index contributed by atoms with van der Waals surface area (Å²) in [5.41, 5.74) is 4.48. The van der Waals surface area contributed by atoms with Crippen LogP contribution in [0.15, 0.2) is 60.3 Å². The second-order valence-corrected chi connectivity index (χ2v) is 8.49. The molecule has 3 heterocycles. The van der Waals surface area contributed by atoms with Crippen molar-refractivity contribution in [3.63, 3.8) is 0 Å². The van der Waals surface area contributed by atoms with Gasteiger partial charge in [0.2, 0.25) is 0 Å². The summed E-state index contributed by atoms with van der Waals surface area (Å²) in [6.07, 6.45) is 4.23. The number of anilines is 1. The van der Waals surface area contributed by atoms with Crippen LogP contribution in [0.5, 0.6) is 0 Å². The number of para-hydroxylation sites is 1. The summed E-state index contributed by atoms with van der Waals surface area (Å²) in [7, 11) is 0. The van der Waals surface area contributed by atoms with E-state index in [9.17, 15) is 9.59 Å². The highest BCUT2D eigenvalue weighted by Gasteiger charge is 2.40. The zero-order chi connectivity index (χ0) is 23.7. The van der Waals surface area contributed by atoms with Crippen molar-refractivity contribution >= 4 is 40.9 Å². The van der Waals surface area contributed by atoms with Gasteiger partial charge in [-0.05, 0) is 80.9 Å². The van der Waals surface area contributed by atoms with E-state index < -0.39 is 5.91 Å². The molecule has 0 saturated carbocycles. The smallest absolute Gasteiger partial charge is 0.270 e. The van der Waals surface area contributed by atoms with Crippen LogP contribution in [0.3, 0.4) is 0 Å². The Labute approximate surface area is 199 Å². The molecule has 0 bridgehead atoms. The molecule has 0 unspecified atom stereocenters. The number of benzene rings is 1. The van der Waals surface area contributed by atoms with Gasteiger partial charge in [-0.15, -0.1) is 0 Å². The van der Waals surface area contributed by atoms with E-state index in [1.165, 1.54) is 9.80 Å². The summed E-state index contributed by atoms with van der Waals surface area (Å²) in [6, 6.07) is 15.1. The molecule has 6 nitrogen and oxygen atoms in total. The summed E-state index contributed by atoms with van der Waals surface area (Å²) in [6.45, 7) is 8.36. The van der Waals surface area contributed by atoms with Gasteiger partial charge < -0.3 is 4.57 Å². The van der Waals surface area contributed by atoms with Crippen LogP contribution in [-0.2, 0) is 9.59 Å². The van der Waals surface area contributed by atoms with E-state index >= 15 is 0 Å². The Kier molecular flexibility index (Phi) is 6.24. The van der Waals surface area contributed by atoms with Gasteiger partial charge in [0.1, 0.15) is 11.4 Å². The normalized spacial score (nSPS) is 15.6. The SMILES string of the molecule is CCCN1C(=O)/C(=C\c2cc(C)n(-c3ccc(C)cn3)c2C)C(=O)N(c2ccccc2)C1=S. The van der Waals surface area contributed by atoms with E-state index in [2.05, 4.69) is 4.98 Å². The monoisotopic (exact) mass is 458 g/mol. The van der Waals surface area contributed by atoms with Crippen molar-refractivity contribution < 1.29 is 9.59 Å². The predicted molar refractivity (Wildman–Crippen MR) is 134 cm³/mol. The summed E-state index contributed by atoms with van der Waals surface area (Å²) in [4.78, 5) is 34.3. The molecule has 33 heavy (non-hydrogen) atoms. The fraction of sp³-hybridized carbons (Fsp3) is 0.231. The summed E-state index contributed by atoms with van der Waals surface area (Å²) in [5.74, 6) is 0.0142. The standard InChI is InChI=1S/C26H26N4O2S/c1-5-13-28-24(31)22(25(32)30(26(28)33)21-9-7-6-8-10-21)15-20-14-18(3)29(19(20)4)23-12-11-17(2)16-27-23/h6-12,14-16H,5,13H2,1-4H3/b22-15+. The average Bonchev–Trinajstić information content (AvgIpc) is 3.08. The van der Waals surface area contributed by atoms with Gasteiger partial charge in [-0.25, -0.2) is 4.98 Å². The Balaban J connectivity index is 1.81. The molecule has 7 heteroatoms. The molecule has 4 rings (SSSR count). The van der Waals surface area contributed by atoms with E-state index in [1.54, 1.807) is 6.08 Å². The van der Waals surface area contributed by atoms with Gasteiger partial charge >= 0.3 is 0 Å². The van der Waals surface area contributed by atoms with Crippen molar-refractivity contribution in [2.75, 3.05) is 11.4 Å². The van der Waals surface area contributed by atoms with Gasteiger partial charge in [-0.1, -0.05) is 31.2 Å². The number of rotatable bonds is 5. The van der Waals surface area contributed by atoms with Gasteiger partial charge in [-0.3, -0.25) is 19.4 Å². The predicted octanol–water partition coefficient (Wildman–Crippen LogP) is 4.75. The van der Waals surface area contributed by atoms with E-state index in [4.69, 9.17) is 12.2 Å². The molecule has 168 valence electrons. The lowest BCUT2D eigenvalue weighted by atomic mass is 10.1. The van der Waals surface area contributed by atoms with Crippen LogP contribution < -0.4 is 4.90 Å². The fourth-order valence-corrected chi connectivity index (χ4v) is 4.40. The number of pyridine rings is 1. The number of hydrogen-bond acceptors (Lipinski definition) is 4. The Bertz CT molecular complexity index is 1260. The number of nitrogens with zero attached hydrogens (tertiary/aromatic N) is 4. The fourth-order valence-electron chi connectivity index (χ4n) is 4.03. The van der Waals surface area contributed by atoms with Crippen LogP contribution in [-0.4, -0.2) is 37.9 Å². The first-order chi connectivity index (χ1) is 15.8. The molecule has 0 atom stereocenters. The lowest BCUT2D eigenvalue weighted by Gasteiger charge is -2.36. The van der Waals surface area contributed by atoms with Gasteiger partial charge in [0, 0.05) is 24.1 Å². The maximum absolute atomic E-state index is 13.5. The molecule has 0 spiro atoms. The molecular weight excluding hydrogens is 432 g/mol. The van der Waals surface area contributed by atoms with Crippen molar-refractivity contribution in [3.05, 3.63) is 82.8 Å². The van der Waals surface area contributed by atoms with E-state index in [-0.39, 0.29) is 16.6 Å². The highest BCUT2D eigenvalue weighted by atomic mass is 32.1. The molecule has 2 amide bonds. The van der Waals surface area contributed by atoms with Gasteiger partial charge in [0.15, 0.2) is 5.11 Å². The third kappa shape index (κ3) is 4.12. The molecule has 2 aromatic heterocycles. The molecule has 1 aromatic carbocycles. The van der Waals surface area contributed by atoms with Crippen molar-refractivity contribution in [1.29, 1.82) is 0 Å². The third-order valence-corrected chi connectivity index (χ3v) is 6.09. The summed E-state index contributed by atoms with van der Waals surface area (Å²) >= 11 is 5.56. The molecule has 0 radical (unpaired) electrons. The highest BCUT2D eigenvalue weighted by Crippen LogP contribution is 2.28. The zero-order valence-electron chi connectivity index (χ0n) is 19.2. The van der Waals surface area contributed by atoms with Crippen molar-refractivity contribution in [3.8, 4) is 5.82 Å². The lowest BCUT2D eigenvalue weighted by Crippen LogP contribution is -2.56.